The zero-order valence-corrected chi connectivity index (χ0v) is 20.4. The summed E-state index contributed by atoms with van der Waals surface area (Å²) in [6.45, 7) is 10.7. The lowest BCUT2D eigenvalue weighted by Gasteiger charge is -2.35. The molecule has 7 heteroatoms. The normalized spacial score (nSPS) is 16.3. The Morgan fingerprint density at radius 1 is 1.24 bits per heavy atom. The van der Waals surface area contributed by atoms with Gasteiger partial charge in [0, 0.05) is 37.1 Å². The molecule has 3 rings (SSSR count). The number of rotatable bonds is 10. The summed E-state index contributed by atoms with van der Waals surface area (Å²) >= 11 is 0. The molecule has 1 aliphatic rings. The Hall–Kier alpha value is -2.67. The molecule has 1 fully saturated rings. The summed E-state index contributed by atoms with van der Waals surface area (Å²) in [6, 6.07) is 5.28. The van der Waals surface area contributed by atoms with E-state index in [9.17, 15) is 4.79 Å². The van der Waals surface area contributed by atoms with Gasteiger partial charge in [-0.25, -0.2) is 9.97 Å². The van der Waals surface area contributed by atoms with Gasteiger partial charge >= 0.3 is 0 Å². The monoisotopic (exact) mass is 454 g/mol. The second kappa shape index (κ2) is 12.0. The Balaban J connectivity index is 1.42. The Kier molecular flexibility index (Phi) is 9.06. The van der Waals surface area contributed by atoms with Crippen molar-refractivity contribution in [1.29, 1.82) is 0 Å². The van der Waals surface area contributed by atoms with E-state index >= 15 is 0 Å². The van der Waals surface area contributed by atoms with Crippen molar-refractivity contribution >= 4 is 11.9 Å². The molecule has 0 aliphatic carbocycles. The van der Waals surface area contributed by atoms with Crippen molar-refractivity contribution < 1.29 is 14.6 Å². The number of carbonyl (C=O) groups is 1. The maximum atomic E-state index is 12.3. The quantitative estimate of drug-likeness (QED) is 0.568. The summed E-state index contributed by atoms with van der Waals surface area (Å²) in [5.41, 5.74) is 2.65. The van der Waals surface area contributed by atoms with Crippen LogP contribution in [-0.4, -0.2) is 53.3 Å². The molecule has 2 atom stereocenters. The average Bonchev–Trinajstić information content (AvgIpc) is 2.84. The van der Waals surface area contributed by atoms with Gasteiger partial charge in [0.25, 0.3) is 5.91 Å². The zero-order valence-electron chi connectivity index (χ0n) is 20.4. The first kappa shape index (κ1) is 25.0. The van der Waals surface area contributed by atoms with Crippen LogP contribution in [0.15, 0.2) is 30.6 Å². The summed E-state index contributed by atoms with van der Waals surface area (Å²) in [4.78, 5) is 23.6. The molecule has 2 heterocycles. The van der Waals surface area contributed by atoms with Crippen LogP contribution in [0.4, 0.5) is 5.95 Å². The summed E-state index contributed by atoms with van der Waals surface area (Å²) < 4.78 is 6.00. The minimum atomic E-state index is -0.268. The average molecular weight is 455 g/mol. The maximum absolute atomic E-state index is 12.3. The Labute approximate surface area is 197 Å². The molecular weight excluding hydrogens is 416 g/mol. The topological polar surface area (TPSA) is 87.6 Å². The van der Waals surface area contributed by atoms with Crippen molar-refractivity contribution in [3.63, 3.8) is 0 Å². The smallest absolute Gasteiger partial charge is 0.251 e. The molecule has 1 aliphatic heterocycles. The van der Waals surface area contributed by atoms with E-state index in [0.29, 0.717) is 24.0 Å². The highest BCUT2D eigenvalue weighted by Gasteiger charge is 2.25. The molecule has 1 amide bonds. The highest BCUT2D eigenvalue weighted by molar-refractivity contribution is 5.95. The summed E-state index contributed by atoms with van der Waals surface area (Å²) in [5.74, 6) is 2.73. The molecular formula is C26H38N4O3. The SMILES string of the molecule is CCc1cnc(N2CCC(C(C)CCOc3ccc(C(=O)NC(C)CO)c(C)c3)CC2)nc1. The minimum absolute atomic E-state index is 0.0803. The second-order valence-corrected chi connectivity index (χ2v) is 9.22. The fraction of sp³-hybridized carbons (Fsp3) is 0.577. The van der Waals surface area contributed by atoms with Crippen LogP contribution in [0.3, 0.4) is 0 Å². The van der Waals surface area contributed by atoms with Gasteiger partial charge < -0.3 is 20.1 Å². The molecule has 2 aromatic rings. The first-order valence-corrected chi connectivity index (χ1v) is 12.1. The molecule has 2 unspecified atom stereocenters. The number of hydrogen-bond donors (Lipinski definition) is 2. The number of aliphatic hydroxyl groups is 1. The van der Waals surface area contributed by atoms with Crippen LogP contribution in [0, 0.1) is 18.8 Å². The number of ether oxygens (including phenoxy) is 1. The third-order valence-corrected chi connectivity index (χ3v) is 6.66. The Morgan fingerprint density at radius 3 is 2.55 bits per heavy atom. The molecule has 1 aromatic carbocycles. The molecule has 180 valence electrons. The number of aliphatic hydroxyl groups excluding tert-OH is 1. The molecule has 1 aromatic heterocycles. The van der Waals surface area contributed by atoms with Crippen LogP contribution in [0.1, 0.15) is 61.5 Å². The van der Waals surface area contributed by atoms with Crippen molar-refractivity contribution in [3.05, 3.63) is 47.3 Å². The van der Waals surface area contributed by atoms with Gasteiger partial charge in [0.2, 0.25) is 5.95 Å². The summed E-state index contributed by atoms with van der Waals surface area (Å²) in [7, 11) is 0. The van der Waals surface area contributed by atoms with Gasteiger partial charge in [-0.3, -0.25) is 4.79 Å². The van der Waals surface area contributed by atoms with Gasteiger partial charge in [-0.2, -0.15) is 0 Å². The van der Waals surface area contributed by atoms with E-state index in [-0.39, 0.29) is 18.6 Å². The van der Waals surface area contributed by atoms with E-state index in [4.69, 9.17) is 9.84 Å². The van der Waals surface area contributed by atoms with Crippen LogP contribution >= 0.6 is 0 Å². The molecule has 2 N–H and O–H groups in total. The van der Waals surface area contributed by atoms with Gasteiger partial charge in [0.15, 0.2) is 0 Å². The third kappa shape index (κ3) is 6.90. The van der Waals surface area contributed by atoms with E-state index < -0.39 is 0 Å². The Morgan fingerprint density at radius 2 is 1.94 bits per heavy atom. The van der Waals surface area contributed by atoms with Crippen molar-refractivity contribution in [2.24, 2.45) is 11.8 Å². The van der Waals surface area contributed by atoms with Gasteiger partial charge in [-0.1, -0.05) is 13.8 Å². The van der Waals surface area contributed by atoms with Crippen LogP contribution in [0.2, 0.25) is 0 Å². The lowest BCUT2D eigenvalue weighted by atomic mass is 9.84. The number of benzene rings is 1. The third-order valence-electron chi connectivity index (χ3n) is 6.66. The van der Waals surface area contributed by atoms with Crippen molar-refractivity contribution in [3.8, 4) is 5.75 Å². The standard InChI is InChI=1S/C26H38N4O3/c1-5-21-15-27-26(28-16-21)30-11-8-22(9-12-30)18(2)10-13-33-23-6-7-24(19(3)14-23)25(32)29-20(4)17-31/h6-7,14-16,18,20,22,31H,5,8-13,17H2,1-4H3,(H,29,32). The van der Waals surface area contributed by atoms with Crippen molar-refractivity contribution in [1.82, 2.24) is 15.3 Å². The molecule has 0 saturated carbocycles. The van der Waals surface area contributed by atoms with Crippen LogP contribution in [-0.2, 0) is 6.42 Å². The van der Waals surface area contributed by atoms with Crippen molar-refractivity contribution in [2.45, 2.75) is 59.4 Å². The first-order valence-electron chi connectivity index (χ1n) is 12.1. The number of hydrogen-bond acceptors (Lipinski definition) is 6. The minimum Gasteiger partial charge on any atom is -0.494 e. The van der Waals surface area contributed by atoms with Gasteiger partial charge in [-0.05, 0) is 80.7 Å². The molecule has 1 saturated heterocycles. The van der Waals surface area contributed by atoms with E-state index in [1.807, 2.05) is 31.5 Å². The van der Waals surface area contributed by atoms with Gasteiger partial charge in [0.05, 0.1) is 13.2 Å². The van der Waals surface area contributed by atoms with Crippen molar-refractivity contribution in [2.75, 3.05) is 31.2 Å². The molecule has 0 radical (unpaired) electrons. The molecule has 33 heavy (non-hydrogen) atoms. The van der Waals surface area contributed by atoms with Crippen LogP contribution in [0.25, 0.3) is 0 Å². The molecule has 0 bridgehead atoms. The fourth-order valence-corrected chi connectivity index (χ4v) is 4.29. The van der Waals surface area contributed by atoms with Crippen LogP contribution in [0.5, 0.6) is 5.75 Å². The number of anilines is 1. The number of carbonyl (C=O) groups excluding carboxylic acids is 1. The maximum Gasteiger partial charge on any atom is 0.251 e. The summed E-state index contributed by atoms with van der Waals surface area (Å²) in [6.07, 6.45) is 8.13. The lowest BCUT2D eigenvalue weighted by Crippen LogP contribution is -2.37. The predicted molar refractivity (Wildman–Crippen MR) is 131 cm³/mol. The molecule has 7 nitrogen and oxygen atoms in total. The first-order chi connectivity index (χ1) is 15.9. The van der Waals surface area contributed by atoms with E-state index in [2.05, 4.69) is 34.0 Å². The number of aromatic nitrogens is 2. The van der Waals surface area contributed by atoms with Gasteiger partial charge in [-0.15, -0.1) is 0 Å². The summed E-state index contributed by atoms with van der Waals surface area (Å²) in [5, 5.41) is 11.9. The van der Waals surface area contributed by atoms with E-state index in [0.717, 1.165) is 56.0 Å². The lowest BCUT2D eigenvalue weighted by molar-refractivity contribution is 0.0921. The fourth-order valence-electron chi connectivity index (χ4n) is 4.29. The number of amides is 1. The number of nitrogens with one attached hydrogen (secondary N) is 1. The number of nitrogens with zero attached hydrogens (tertiary/aromatic N) is 3. The molecule has 0 spiro atoms. The second-order valence-electron chi connectivity index (χ2n) is 9.22. The number of piperidine rings is 1. The zero-order chi connectivity index (χ0) is 23.8. The Bertz CT molecular complexity index is 895. The predicted octanol–water partition coefficient (Wildman–Crippen LogP) is 3.78. The van der Waals surface area contributed by atoms with Crippen LogP contribution < -0.4 is 15.0 Å². The number of aryl methyl sites for hydroxylation is 2. The van der Waals surface area contributed by atoms with E-state index in [1.54, 1.807) is 13.0 Å². The highest BCUT2D eigenvalue weighted by Crippen LogP contribution is 2.29. The van der Waals surface area contributed by atoms with Gasteiger partial charge in [0.1, 0.15) is 5.75 Å². The van der Waals surface area contributed by atoms with E-state index in [1.165, 1.54) is 5.56 Å². The highest BCUT2D eigenvalue weighted by atomic mass is 16.5. The largest absolute Gasteiger partial charge is 0.494 e.